The van der Waals surface area contributed by atoms with Gasteiger partial charge in [0.2, 0.25) is 5.78 Å². The molecule has 0 spiro atoms. The second-order valence-corrected chi connectivity index (χ2v) is 8.75. The van der Waals surface area contributed by atoms with Crippen molar-refractivity contribution >= 4 is 34.2 Å². The molecular weight excluding hydrogens is 408 g/mol. The highest BCUT2D eigenvalue weighted by molar-refractivity contribution is 7.99. The van der Waals surface area contributed by atoms with E-state index >= 15 is 0 Å². The normalized spacial score (nSPS) is 11.5. The average Bonchev–Trinajstić information content (AvgIpc) is 3.20. The molecule has 0 amide bonds. The van der Waals surface area contributed by atoms with E-state index in [1.165, 1.54) is 17.3 Å². The van der Waals surface area contributed by atoms with E-state index < -0.39 is 0 Å². The van der Waals surface area contributed by atoms with E-state index in [0.717, 1.165) is 30.3 Å². The molecule has 0 radical (unpaired) electrons. The van der Waals surface area contributed by atoms with Gasteiger partial charge < -0.3 is 0 Å². The zero-order chi connectivity index (χ0) is 22.0. The minimum Gasteiger partial charge on any atom is -0.293 e. The van der Waals surface area contributed by atoms with Crippen LogP contribution in [0, 0.1) is 13.8 Å². The highest BCUT2D eigenvalue weighted by Gasteiger charge is 2.18. The molecule has 2 aromatic carbocycles. The summed E-state index contributed by atoms with van der Waals surface area (Å²) >= 11 is 1.35. The third kappa shape index (κ3) is 4.14. The van der Waals surface area contributed by atoms with E-state index in [9.17, 15) is 9.59 Å². The highest BCUT2D eigenvalue weighted by Crippen LogP contribution is 2.23. The second kappa shape index (κ2) is 9.06. The summed E-state index contributed by atoms with van der Waals surface area (Å²) in [5.41, 5.74) is 3.69. The van der Waals surface area contributed by atoms with Gasteiger partial charge in [-0.15, -0.1) is 10.2 Å². The van der Waals surface area contributed by atoms with Gasteiger partial charge in [0.05, 0.1) is 16.7 Å². The van der Waals surface area contributed by atoms with E-state index in [2.05, 4.69) is 17.1 Å². The number of aryl methyl sites for hydroxylation is 3. The van der Waals surface area contributed by atoms with Crippen LogP contribution >= 0.6 is 11.8 Å². The lowest BCUT2D eigenvalue weighted by atomic mass is 10.0. The molecule has 2 heterocycles. The summed E-state index contributed by atoms with van der Waals surface area (Å²) in [4.78, 5) is 25.8. The lowest BCUT2D eigenvalue weighted by molar-refractivity contribution is 0.102. The second-order valence-electron chi connectivity index (χ2n) is 7.81. The van der Waals surface area contributed by atoms with Gasteiger partial charge >= 0.3 is 0 Å². The van der Waals surface area contributed by atoms with Crippen molar-refractivity contribution in [3.8, 4) is 0 Å². The Bertz CT molecular complexity index is 1320. The van der Waals surface area contributed by atoms with Crippen molar-refractivity contribution in [3.63, 3.8) is 0 Å². The molecule has 0 saturated carbocycles. The predicted octanol–water partition coefficient (Wildman–Crippen LogP) is 4.83. The van der Waals surface area contributed by atoms with Crippen molar-refractivity contribution in [1.29, 1.82) is 0 Å². The summed E-state index contributed by atoms with van der Waals surface area (Å²) in [6, 6.07) is 13.3. The van der Waals surface area contributed by atoms with Gasteiger partial charge in [-0.2, -0.15) is 0 Å². The number of unbranched alkanes of at least 4 members (excludes halogenated alkanes) is 2. The number of hydrogen-bond donors (Lipinski definition) is 0. The Morgan fingerprint density at radius 2 is 1.84 bits per heavy atom. The first-order valence-corrected chi connectivity index (χ1v) is 11.6. The number of Topliss-reactive ketones (excluding diaryl/α,β-unsaturated/α-hetero) is 1. The largest absolute Gasteiger partial charge is 0.293 e. The summed E-state index contributed by atoms with van der Waals surface area (Å²) in [7, 11) is 0. The molecule has 0 N–H and O–H groups in total. The molecule has 0 fully saturated rings. The average molecular weight is 435 g/mol. The van der Waals surface area contributed by atoms with E-state index in [-0.39, 0.29) is 17.1 Å². The van der Waals surface area contributed by atoms with Crippen molar-refractivity contribution in [1.82, 2.24) is 19.2 Å². The first-order valence-electron chi connectivity index (χ1n) is 10.6. The van der Waals surface area contributed by atoms with Crippen LogP contribution in [0.15, 0.2) is 52.4 Å². The molecule has 0 unspecified atom stereocenters. The van der Waals surface area contributed by atoms with Gasteiger partial charge in [0.1, 0.15) is 0 Å². The minimum absolute atomic E-state index is 0.0467. The quantitative estimate of drug-likeness (QED) is 0.226. The van der Waals surface area contributed by atoms with Gasteiger partial charge in [-0.25, -0.2) is 0 Å². The summed E-state index contributed by atoms with van der Waals surface area (Å²) in [6.07, 6.45) is 3.03. The molecule has 0 aliphatic carbocycles. The van der Waals surface area contributed by atoms with Crippen LogP contribution in [0.5, 0.6) is 0 Å². The van der Waals surface area contributed by atoms with Crippen LogP contribution in [-0.4, -0.2) is 30.7 Å². The first kappa shape index (κ1) is 21.3. The minimum atomic E-state index is -0.0469. The van der Waals surface area contributed by atoms with Crippen molar-refractivity contribution in [2.75, 3.05) is 5.75 Å². The van der Waals surface area contributed by atoms with Gasteiger partial charge in [0.15, 0.2) is 10.9 Å². The molecule has 0 bridgehead atoms. The molecule has 0 atom stereocenters. The van der Waals surface area contributed by atoms with Gasteiger partial charge in [-0.1, -0.05) is 55.8 Å². The van der Waals surface area contributed by atoms with Crippen LogP contribution in [0.3, 0.4) is 0 Å². The summed E-state index contributed by atoms with van der Waals surface area (Å²) in [6.45, 7) is 6.78. The summed E-state index contributed by atoms with van der Waals surface area (Å²) in [5, 5.41) is 9.92. The molecule has 0 saturated heterocycles. The summed E-state index contributed by atoms with van der Waals surface area (Å²) in [5.74, 6) is 0.832. The lowest BCUT2D eigenvalue weighted by Gasteiger charge is -2.11. The molecule has 4 aromatic rings. The van der Waals surface area contributed by atoms with Crippen molar-refractivity contribution in [2.45, 2.75) is 51.7 Å². The number of thioether (sulfide) groups is 1. The third-order valence-corrected chi connectivity index (χ3v) is 6.55. The monoisotopic (exact) mass is 434 g/mol. The van der Waals surface area contributed by atoms with Crippen molar-refractivity contribution in [3.05, 3.63) is 69.5 Å². The number of fused-ring (bicyclic) bond motifs is 3. The fourth-order valence-corrected chi connectivity index (χ4v) is 4.51. The number of carbonyl (C=O) groups is 1. The Balaban J connectivity index is 1.71. The maximum atomic E-state index is 13.1. The topological polar surface area (TPSA) is 69.3 Å². The molecule has 0 aliphatic heterocycles. The zero-order valence-electron chi connectivity index (χ0n) is 18.1. The Hall–Kier alpha value is -2.93. The molecule has 160 valence electrons. The first-order chi connectivity index (χ1) is 15.0. The smallest absolute Gasteiger partial charge is 0.262 e. The number of carbonyl (C=O) groups excluding carboxylic acids is 1. The number of hydrogen-bond acceptors (Lipinski definition) is 5. The number of ketones is 1. The predicted molar refractivity (Wildman–Crippen MR) is 125 cm³/mol. The fraction of sp³-hybridized carbons (Fsp3) is 0.333. The van der Waals surface area contributed by atoms with Crippen molar-refractivity contribution in [2.24, 2.45) is 0 Å². The molecule has 31 heavy (non-hydrogen) atoms. The van der Waals surface area contributed by atoms with Gasteiger partial charge in [0, 0.05) is 12.1 Å². The van der Waals surface area contributed by atoms with E-state index in [1.54, 1.807) is 4.57 Å². The number of para-hydroxylation sites is 1. The molecule has 2 aromatic heterocycles. The number of rotatable bonds is 8. The molecule has 7 heteroatoms. The fourth-order valence-electron chi connectivity index (χ4n) is 3.68. The van der Waals surface area contributed by atoms with Crippen molar-refractivity contribution < 1.29 is 4.79 Å². The Morgan fingerprint density at radius 1 is 1.03 bits per heavy atom. The highest BCUT2D eigenvalue weighted by atomic mass is 32.2. The zero-order valence-corrected chi connectivity index (χ0v) is 18.9. The van der Waals surface area contributed by atoms with Crippen LogP contribution in [0.2, 0.25) is 0 Å². The van der Waals surface area contributed by atoms with Gasteiger partial charge in [-0.05, 0) is 49.6 Å². The number of aromatic nitrogens is 4. The Labute approximate surface area is 185 Å². The Kier molecular flexibility index (Phi) is 6.23. The van der Waals surface area contributed by atoms with E-state index in [1.807, 2.05) is 60.7 Å². The number of nitrogens with zero attached hydrogens (tertiary/aromatic N) is 4. The van der Waals surface area contributed by atoms with Crippen LogP contribution in [-0.2, 0) is 6.54 Å². The lowest BCUT2D eigenvalue weighted by Crippen LogP contribution is -2.23. The van der Waals surface area contributed by atoms with Crippen LogP contribution < -0.4 is 5.56 Å². The maximum Gasteiger partial charge on any atom is 0.262 e. The van der Waals surface area contributed by atoms with Crippen LogP contribution in [0.1, 0.15) is 47.7 Å². The third-order valence-electron chi connectivity index (χ3n) is 5.62. The van der Waals surface area contributed by atoms with Crippen LogP contribution in [0.25, 0.3) is 16.7 Å². The molecule has 6 nitrogen and oxygen atoms in total. The van der Waals surface area contributed by atoms with E-state index in [0.29, 0.717) is 28.4 Å². The van der Waals surface area contributed by atoms with E-state index in [4.69, 9.17) is 0 Å². The van der Waals surface area contributed by atoms with Gasteiger partial charge in [0.25, 0.3) is 5.56 Å². The Morgan fingerprint density at radius 3 is 2.61 bits per heavy atom. The van der Waals surface area contributed by atoms with Gasteiger partial charge in [-0.3, -0.25) is 18.6 Å². The molecule has 4 rings (SSSR count). The molecule has 0 aliphatic rings. The summed E-state index contributed by atoms with van der Waals surface area (Å²) < 4.78 is 3.61. The standard InChI is InChI=1S/C24H26N4O2S/c1-4-5-8-13-27-22(30)19-9-6-7-10-20(19)28-23(27)25-26-24(28)31-15-21(29)18-12-11-16(2)17(3)14-18/h6-7,9-12,14H,4-5,8,13,15H2,1-3H3. The SMILES string of the molecule is CCCCCn1c(=O)c2ccccc2n2c(SCC(=O)c3ccc(C)c(C)c3)nnc12. The molecular formula is C24H26N4O2S. The van der Waals surface area contributed by atoms with Crippen LogP contribution in [0.4, 0.5) is 0 Å². The maximum absolute atomic E-state index is 13.1. The number of benzene rings is 2.